The van der Waals surface area contributed by atoms with Gasteiger partial charge in [0.15, 0.2) is 5.82 Å². The SMILES string of the molecule is CCOc1cc(-c2ccc(OC(C)C)c(/C=C(\C)C(=O)O)c2)ccc1-c1nc(N)c(N)c(=O)[nH]1. The number of hydrogen-bond donors (Lipinski definition) is 4. The van der Waals surface area contributed by atoms with Gasteiger partial charge < -0.3 is 31.0 Å². The van der Waals surface area contributed by atoms with Crippen molar-refractivity contribution in [1.29, 1.82) is 0 Å². The van der Waals surface area contributed by atoms with E-state index in [1.807, 2.05) is 51.1 Å². The van der Waals surface area contributed by atoms with Crippen molar-refractivity contribution >= 4 is 23.6 Å². The number of H-pyrrole nitrogens is 1. The van der Waals surface area contributed by atoms with E-state index in [0.29, 0.717) is 29.2 Å². The molecule has 1 aromatic heterocycles. The van der Waals surface area contributed by atoms with E-state index in [4.69, 9.17) is 20.9 Å². The van der Waals surface area contributed by atoms with Crippen LogP contribution in [0.2, 0.25) is 0 Å². The number of aromatic nitrogens is 2. The van der Waals surface area contributed by atoms with Crippen molar-refractivity contribution in [2.75, 3.05) is 18.1 Å². The van der Waals surface area contributed by atoms with Crippen molar-refractivity contribution in [2.45, 2.75) is 33.8 Å². The Balaban J connectivity index is 2.13. The zero-order chi connectivity index (χ0) is 25.0. The second kappa shape index (κ2) is 10.1. The number of benzene rings is 2. The third-order valence-corrected chi connectivity index (χ3v) is 4.94. The summed E-state index contributed by atoms with van der Waals surface area (Å²) in [6, 6.07) is 11.0. The number of hydrogen-bond acceptors (Lipinski definition) is 7. The van der Waals surface area contributed by atoms with Gasteiger partial charge in [-0.1, -0.05) is 12.1 Å². The van der Waals surface area contributed by atoms with E-state index in [1.54, 1.807) is 12.1 Å². The van der Waals surface area contributed by atoms with Crippen LogP contribution >= 0.6 is 0 Å². The fourth-order valence-corrected chi connectivity index (χ4v) is 3.30. The number of rotatable bonds is 8. The molecular weight excluding hydrogens is 436 g/mol. The van der Waals surface area contributed by atoms with Crippen LogP contribution in [-0.2, 0) is 4.79 Å². The Hall–Kier alpha value is -4.27. The van der Waals surface area contributed by atoms with Gasteiger partial charge in [0.05, 0.1) is 18.3 Å². The van der Waals surface area contributed by atoms with Crippen molar-refractivity contribution in [3.63, 3.8) is 0 Å². The number of carbonyl (C=O) groups is 1. The van der Waals surface area contributed by atoms with E-state index in [9.17, 15) is 14.7 Å². The van der Waals surface area contributed by atoms with Gasteiger partial charge in [-0.05, 0) is 69.2 Å². The summed E-state index contributed by atoms with van der Waals surface area (Å²) in [6.45, 7) is 7.57. The summed E-state index contributed by atoms with van der Waals surface area (Å²) in [5.41, 5.74) is 13.8. The van der Waals surface area contributed by atoms with E-state index < -0.39 is 11.5 Å². The molecule has 0 bridgehead atoms. The fourth-order valence-electron chi connectivity index (χ4n) is 3.30. The molecule has 2 aromatic carbocycles. The van der Waals surface area contributed by atoms with Crippen LogP contribution in [0.3, 0.4) is 0 Å². The normalized spacial score (nSPS) is 11.5. The predicted octanol–water partition coefficient (Wildman–Crippen LogP) is 3.94. The predicted molar refractivity (Wildman–Crippen MR) is 133 cm³/mol. The second-order valence-electron chi connectivity index (χ2n) is 7.91. The summed E-state index contributed by atoms with van der Waals surface area (Å²) in [5, 5.41) is 9.32. The number of carboxylic acid groups (broad SMARTS) is 1. The summed E-state index contributed by atoms with van der Waals surface area (Å²) in [7, 11) is 0. The molecule has 3 aromatic rings. The molecule has 0 amide bonds. The largest absolute Gasteiger partial charge is 0.493 e. The van der Waals surface area contributed by atoms with Crippen LogP contribution in [0.5, 0.6) is 11.5 Å². The number of aliphatic carboxylic acids is 1. The number of carboxylic acids is 1. The average Bonchev–Trinajstić information content (AvgIpc) is 2.78. The zero-order valence-corrected chi connectivity index (χ0v) is 19.5. The highest BCUT2D eigenvalue weighted by Gasteiger charge is 2.15. The Morgan fingerprint density at radius 3 is 2.44 bits per heavy atom. The lowest BCUT2D eigenvalue weighted by Crippen LogP contribution is -2.17. The monoisotopic (exact) mass is 464 g/mol. The van der Waals surface area contributed by atoms with E-state index >= 15 is 0 Å². The molecule has 34 heavy (non-hydrogen) atoms. The first-order valence-corrected chi connectivity index (χ1v) is 10.8. The van der Waals surface area contributed by atoms with Gasteiger partial charge in [-0.15, -0.1) is 0 Å². The highest BCUT2D eigenvalue weighted by molar-refractivity contribution is 5.92. The topological polar surface area (TPSA) is 154 Å². The summed E-state index contributed by atoms with van der Waals surface area (Å²) in [4.78, 5) is 30.3. The number of nitrogens with two attached hydrogens (primary N) is 2. The van der Waals surface area contributed by atoms with Gasteiger partial charge in [-0.2, -0.15) is 0 Å². The molecule has 0 unspecified atom stereocenters. The molecule has 0 atom stereocenters. The highest BCUT2D eigenvalue weighted by Crippen LogP contribution is 2.35. The number of ether oxygens (including phenoxy) is 2. The summed E-state index contributed by atoms with van der Waals surface area (Å²) in [5.74, 6) is 0.256. The van der Waals surface area contributed by atoms with Gasteiger partial charge in [-0.3, -0.25) is 4.79 Å². The Bertz CT molecular complexity index is 1310. The number of anilines is 2. The van der Waals surface area contributed by atoms with Gasteiger partial charge in [-0.25, -0.2) is 9.78 Å². The maximum atomic E-state index is 12.1. The third-order valence-electron chi connectivity index (χ3n) is 4.94. The molecule has 0 aliphatic carbocycles. The van der Waals surface area contributed by atoms with Gasteiger partial charge in [0.2, 0.25) is 0 Å². The van der Waals surface area contributed by atoms with E-state index in [1.165, 1.54) is 6.92 Å². The number of aromatic amines is 1. The Morgan fingerprint density at radius 1 is 1.15 bits per heavy atom. The van der Waals surface area contributed by atoms with Crippen LogP contribution in [0.15, 0.2) is 46.8 Å². The van der Waals surface area contributed by atoms with Crippen molar-refractivity contribution < 1.29 is 19.4 Å². The molecule has 0 aliphatic rings. The Labute approximate surface area is 197 Å². The molecule has 0 saturated heterocycles. The van der Waals surface area contributed by atoms with Crippen molar-refractivity contribution in [3.05, 3.63) is 57.9 Å². The van der Waals surface area contributed by atoms with Gasteiger partial charge in [0.25, 0.3) is 5.56 Å². The molecule has 1 heterocycles. The molecule has 0 spiro atoms. The summed E-state index contributed by atoms with van der Waals surface area (Å²) >= 11 is 0. The summed E-state index contributed by atoms with van der Waals surface area (Å²) in [6.07, 6.45) is 1.50. The van der Waals surface area contributed by atoms with Gasteiger partial charge in [0.1, 0.15) is 23.0 Å². The number of nitrogen functional groups attached to an aromatic ring is 2. The van der Waals surface area contributed by atoms with Gasteiger partial charge >= 0.3 is 5.97 Å². The molecule has 3 rings (SSSR count). The van der Waals surface area contributed by atoms with Gasteiger partial charge in [0, 0.05) is 11.1 Å². The minimum atomic E-state index is -1.01. The van der Waals surface area contributed by atoms with Crippen molar-refractivity contribution in [2.24, 2.45) is 0 Å². The van der Waals surface area contributed by atoms with Crippen LogP contribution < -0.4 is 26.5 Å². The molecule has 9 nitrogen and oxygen atoms in total. The van der Waals surface area contributed by atoms with E-state index in [2.05, 4.69) is 9.97 Å². The maximum Gasteiger partial charge on any atom is 0.331 e. The first-order chi connectivity index (χ1) is 16.1. The van der Waals surface area contributed by atoms with Crippen LogP contribution in [0, 0.1) is 0 Å². The average molecular weight is 465 g/mol. The minimum absolute atomic E-state index is 0.0590. The molecule has 6 N–H and O–H groups in total. The second-order valence-corrected chi connectivity index (χ2v) is 7.91. The standard InChI is InChI=1S/C25H28N4O5/c1-5-33-20-12-16(6-8-18(20)23-28-22(27)21(26)24(30)29-23)15-7-9-19(34-13(2)3)17(11-15)10-14(4)25(31)32/h6-13H,5,26H2,1-4H3,(H,31,32)(H3,27,28,29,30)/b14-10+. The lowest BCUT2D eigenvalue weighted by atomic mass is 9.99. The van der Waals surface area contributed by atoms with Crippen LogP contribution in [0.4, 0.5) is 11.5 Å². The van der Waals surface area contributed by atoms with Crippen molar-refractivity contribution in [3.8, 4) is 34.0 Å². The molecular formula is C25H28N4O5. The molecule has 0 radical (unpaired) electrons. The first-order valence-electron chi connectivity index (χ1n) is 10.8. The minimum Gasteiger partial charge on any atom is -0.493 e. The Morgan fingerprint density at radius 2 is 1.82 bits per heavy atom. The molecule has 178 valence electrons. The molecule has 0 aliphatic heterocycles. The quantitative estimate of drug-likeness (QED) is 0.366. The number of nitrogens with one attached hydrogen (secondary N) is 1. The number of nitrogens with zero attached hydrogens (tertiary/aromatic N) is 1. The van der Waals surface area contributed by atoms with Crippen LogP contribution in [-0.4, -0.2) is 33.8 Å². The Kier molecular flexibility index (Phi) is 7.25. The molecule has 9 heteroatoms. The highest BCUT2D eigenvalue weighted by atomic mass is 16.5. The first kappa shape index (κ1) is 24.4. The fraction of sp³-hybridized carbons (Fsp3) is 0.240. The lowest BCUT2D eigenvalue weighted by Gasteiger charge is -2.16. The van der Waals surface area contributed by atoms with Crippen LogP contribution in [0.1, 0.15) is 33.3 Å². The smallest absolute Gasteiger partial charge is 0.331 e. The molecule has 0 saturated carbocycles. The molecule has 0 fully saturated rings. The van der Waals surface area contributed by atoms with Crippen molar-refractivity contribution in [1.82, 2.24) is 9.97 Å². The lowest BCUT2D eigenvalue weighted by molar-refractivity contribution is -0.132. The zero-order valence-electron chi connectivity index (χ0n) is 19.5. The third kappa shape index (κ3) is 5.37. The van der Waals surface area contributed by atoms with Crippen LogP contribution in [0.25, 0.3) is 28.6 Å². The summed E-state index contributed by atoms with van der Waals surface area (Å²) < 4.78 is 11.7. The van der Waals surface area contributed by atoms with E-state index in [-0.39, 0.29) is 29.0 Å². The van der Waals surface area contributed by atoms with E-state index in [0.717, 1.165) is 11.1 Å². The maximum absolute atomic E-state index is 12.1.